The molecule has 2 aromatic rings. The van der Waals surface area contributed by atoms with Crippen LogP contribution in [0.5, 0.6) is 0 Å². The van der Waals surface area contributed by atoms with Crippen molar-refractivity contribution in [2.75, 3.05) is 6.54 Å². The number of aromatic nitrogens is 2. The predicted molar refractivity (Wildman–Crippen MR) is 72.7 cm³/mol. The number of rotatable bonds is 5. The number of nitrogens with zero attached hydrogens (tertiary/aromatic N) is 3. The van der Waals surface area contributed by atoms with Crippen molar-refractivity contribution in [3.8, 4) is 0 Å². The molecule has 0 aliphatic heterocycles. The van der Waals surface area contributed by atoms with E-state index in [2.05, 4.69) is 10.3 Å². The summed E-state index contributed by atoms with van der Waals surface area (Å²) in [5, 5.41) is 13.2. The van der Waals surface area contributed by atoms with Gasteiger partial charge in [-0.1, -0.05) is 11.6 Å². The largest absolute Gasteiger partial charge is 0.353 e. The van der Waals surface area contributed by atoms with E-state index in [1.165, 1.54) is 0 Å². The molecule has 1 amide bonds. The number of carbonyl (C=O) groups excluding carboxylic acids is 1. The Balaban J connectivity index is 2.01. The standard InChI is InChI=1S/C12H11ClN4O3/c13-11-10(7-9(8-15-11)17(19)20)12(18)14-3-6-16-4-1-2-5-16/h1-2,4-5,7-8H,3,6H2,(H,14,18). The predicted octanol–water partition coefficient (Wildman–Crippen LogP) is 1.87. The summed E-state index contributed by atoms with van der Waals surface area (Å²) in [6, 6.07) is 4.87. The summed E-state index contributed by atoms with van der Waals surface area (Å²) in [4.78, 5) is 25.6. The lowest BCUT2D eigenvalue weighted by Gasteiger charge is -2.07. The fourth-order valence-electron chi connectivity index (χ4n) is 1.61. The summed E-state index contributed by atoms with van der Waals surface area (Å²) in [5.41, 5.74) is -0.279. The summed E-state index contributed by atoms with van der Waals surface area (Å²) in [6.07, 6.45) is 4.75. The van der Waals surface area contributed by atoms with E-state index in [4.69, 9.17) is 11.6 Å². The van der Waals surface area contributed by atoms with Gasteiger partial charge in [-0.25, -0.2) is 4.98 Å². The molecule has 0 radical (unpaired) electrons. The maximum Gasteiger partial charge on any atom is 0.288 e. The average Bonchev–Trinajstić information content (AvgIpc) is 2.92. The molecule has 0 aromatic carbocycles. The molecule has 2 heterocycles. The second kappa shape index (κ2) is 6.16. The first-order chi connectivity index (χ1) is 9.58. The van der Waals surface area contributed by atoms with E-state index in [9.17, 15) is 14.9 Å². The molecule has 104 valence electrons. The highest BCUT2D eigenvalue weighted by Crippen LogP contribution is 2.18. The van der Waals surface area contributed by atoms with Crippen LogP contribution < -0.4 is 5.32 Å². The Kier molecular flexibility index (Phi) is 4.31. The summed E-state index contributed by atoms with van der Waals surface area (Å²) < 4.78 is 1.90. The molecular formula is C12H11ClN4O3. The normalized spacial score (nSPS) is 10.2. The van der Waals surface area contributed by atoms with Gasteiger partial charge in [-0.05, 0) is 12.1 Å². The summed E-state index contributed by atoms with van der Waals surface area (Å²) in [7, 11) is 0. The molecule has 1 N–H and O–H groups in total. The lowest BCUT2D eigenvalue weighted by molar-refractivity contribution is -0.385. The fourth-order valence-corrected chi connectivity index (χ4v) is 1.80. The number of nitrogens with one attached hydrogen (secondary N) is 1. The van der Waals surface area contributed by atoms with Crippen molar-refractivity contribution in [2.24, 2.45) is 0 Å². The van der Waals surface area contributed by atoms with Crippen molar-refractivity contribution in [2.45, 2.75) is 6.54 Å². The lowest BCUT2D eigenvalue weighted by atomic mass is 10.2. The van der Waals surface area contributed by atoms with Gasteiger partial charge in [0.05, 0.1) is 10.5 Å². The maximum absolute atomic E-state index is 11.9. The van der Waals surface area contributed by atoms with Gasteiger partial charge in [0.25, 0.3) is 11.6 Å². The van der Waals surface area contributed by atoms with Gasteiger partial charge < -0.3 is 9.88 Å². The topological polar surface area (TPSA) is 90.1 Å². The fraction of sp³-hybridized carbons (Fsp3) is 0.167. The first-order valence-corrected chi connectivity index (χ1v) is 6.14. The summed E-state index contributed by atoms with van der Waals surface area (Å²) >= 11 is 5.77. The van der Waals surface area contributed by atoms with Crippen LogP contribution in [0.3, 0.4) is 0 Å². The molecule has 2 aromatic heterocycles. The van der Waals surface area contributed by atoms with E-state index in [1.807, 2.05) is 29.1 Å². The zero-order valence-electron chi connectivity index (χ0n) is 10.3. The highest BCUT2D eigenvalue weighted by Gasteiger charge is 2.16. The van der Waals surface area contributed by atoms with Gasteiger partial charge in [0.1, 0.15) is 11.3 Å². The number of amides is 1. The number of carbonyl (C=O) groups is 1. The van der Waals surface area contributed by atoms with E-state index >= 15 is 0 Å². The van der Waals surface area contributed by atoms with Gasteiger partial charge in [0, 0.05) is 31.5 Å². The average molecular weight is 295 g/mol. The van der Waals surface area contributed by atoms with E-state index < -0.39 is 10.8 Å². The van der Waals surface area contributed by atoms with Gasteiger partial charge in [0.2, 0.25) is 0 Å². The second-order valence-corrected chi connectivity index (χ2v) is 4.32. The number of pyridine rings is 1. The van der Waals surface area contributed by atoms with E-state index in [0.717, 1.165) is 12.3 Å². The summed E-state index contributed by atoms with van der Waals surface area (Å²) in [6.45, 7) is 0.977. The molecule has 0 aliphatic carbocycles. The number of nitro groups is 1. The van der Waals surface area contributed by atoms with E-state index in [0.29, 0.717) is 13.1 Å². The Morgan fingerprint density at radius 3 is 2.80 bits per heavy atom. The van der Waals surface area contributed by atoms with Gasteiger partial charge in [-0.2, -0.15) is 0 Å². The zero-order valence-corrected chi connectivity index (χ0v) is 11.1. The molecule has 0 spiro atoms. The Morgan fingerprint density at radius 1 is 1.45 bits per heavy atom. The van der Waals surface area contributed by atoms with Crippen LogP contribution in [0.25, 0.3) is 0 Å². The van der Waals surface area contributed by atoms with Gasteiger partial charge in [-0.15, -0.1) is 0 Å². The first kappa shape index (κ1) is 14.0. The molecular weight excluding hydrogens is 284 g/mol. The molecule has 0 saturated heterocycles. The minimum Gasteiger partial charge on any atom is -0.353 e. The minimum atomic E-state index is -0.625. The zero-order chi connectivity index (χ0) is 14.5. The van der Waals surface area contributed by atoms with E-state index in [-0.39, 0.29) is 16.4 Å². The quantitative estimate of drug-likeness (QED) is 0.518. The third-order valence-corrected chi connectivity index (χ3v) is 2.90. The van der Waals surface area contributed by atoms with E-state index in [1.54, 1.807) is 0 Å². The van der Waals surface area contributed by atoms with Crippen LogP contribution in [0.2, 0.25) is 5.15 Å². The molecule has 0 saturated carbocycles. The minimum absolute atomic E-state index is 0.00614. The molecule has 0 fully saturated rings. The number of hydrogen-bond acceptors (Lipinski definition) is 4. The van der Waals surface area contributed by atoms with Crippen LogP contribution in [0, 0.1) is 10.1 Å². The van der Waals surface area contributed by atoms with Crippen molar-refractivity contribution in [1.82, 2.24) is 14.9 Å². The molecule has 0 aliphatic rings. The van der Waals surface area contributed by atoms with Crippen LogP contribution in [0.1, 0.15) is 10.4 Å². The molecule has 7 nitrogen and oxygen atoms in total. The van der Waals surface area contributed by atoms with Gasteiger partial charge in [0.15, 0.2) is 0 Å². The SMILES string of the molecule is O=C(NCCn1cccc1)c1cc([N+](=O)[O-])cnc1Cl. The lowest BCUT2D eigenvalue weighted by Crippen LogP contribution is -2.27. The first-order valence-electron chi connectivity index (χ1n) is 5.77. The van der Waals surface area contributed by atoms with Crippen molar-refractivity contribution < 1.29 is 9.72 Å². The van der Waals surface area contributed by atoms with Crippen molar-refractivity contribution in [3.63, 3.8) is 0 Å². The molecule has 2 rings (SSSR count). The maximum atomic E-state index is 11.9. The Morgan fingerprint density at radius 2 is 2.15 bits per heavy atom. The van der Waals surface area contributed by atoms with Crippen LogP contribution in [-0.2, 0) is 6.54 Å². The van der Waals surface area contributed by atoms with Crippen LogP contribution in [0.4, 0.5) is 5.69 Å². The molecule has 0 unspecified atom stereocenters. The van der Waals surface area contributed by atoms with Crippen LogP contribution in [0.15, 0.2) is 36.8 Å². The Labute approximate surface area is 119 Å². The van der Waals surface area contributed by atoms with Crippen molar-refractivity contribution >= 4 is 23.2 Å². The third-order valence-electron chi connectivity index (χ3n) is 2.60. The van der Waals surface area contributed by atoms with Gasteiger partial charge in [-0.3, -0.25) is 14.9 Å². The van der Waals surface area contributed by atoms with Crippen molar-refractivity contribution in [1.29, 1.82) is 0 Å². The monoisotopic (exact) mass is 294 g/mol. The number of halogens is 1. The molecule has 20 heavy (non-hydrogen) atoms. The van der Waals surface area contributed by atoms with Crippen LogP contribution >= 0.6 is 11.6 Å². The second-order valence-electron chi connectivity index (χ2n) is 3.97. The van der Waals surface area contributed by atoms with Crippen LogP contribution in [-0.4, -0.2) is 26.9 Å². The highest BCUT2D eigenvalue weighted by molar-refractivity contribution is 6.32. The summed E-state index contributed by atoms with van der Waals surface area (Å²) in [5.74, 6) is -0.488. The molecule has 0 bridgehead atoms. The third kappa shape index (κ3) is 3.33. The van der Waals surface area contributed by atoms with Crippen molar-refractivity contribution in [3.05, 3.63) is 57.6 Å². The number of hydrogen-bond donors (Lipinski definition) is 1. The highest BCUT2D eigenvalue weighted by atomic mass is 35.5. The smallest absolute Gasteiger partial charge is 0.288 e. The molecule has 0 atom stereocenters. The Bertz CT molecular complexity index is 628. The molecule has 8 heteroatoms. The van der Waals surface area contributed by atoms with Gasteiger partial charge >= 0.3 is 0 Å². The Hall–Kier alpha value is -2.41.